The third-order valence-electron chi connectivity index (χ3n) is 7.96. The van der Waals surface area contributed by atoms with Crippen molar-refractivity contribution in [1.82, 2.24) is 14.8 Å². The van der Waals surface area contributed by atoms with E-state index in [1.807, 2.05) is 12.3 Å². The van der Waals surface area contributed by atoms with Gasteiger partial charge in [-0.1, -0.05) is 18.9 Å². The summed E-state index contributed by atoms with van der Waals surface area (Å²) in [4.78, 5) is 24.5. The fourth-order valence-electron chi connectivity index (χ4n) is 6.08. The van der Waals surface area contributed by atoms with Gasteiger partial charge in [-0.25, -0.2) is 4.98 Å². The summed E-state index contributed by atoms with van der Waals surface area (Å²) in [7, 11) is 0. The van der Waals surface area contributed by atoms with Crippen LogP contribution in [0.25, 0.3) is 0 Å². The summed E-state index contributed by atoms with van der Waals surface area (Å²) in [6.45, 7) is 6.93. The van der Waals surface area contributed by atoms with E-state index in [1.165, 1.54) is 12.8 Å². The molecule has 1 saturated carbocycles. The number of carbonyl (C=O) groups excluding carboxylic acids is 1. The summed E-state index contributed by atoms with van der Waals surface area (Å²) < 4.78 is 6.39. The Morgan fingerprint density at radius 3 is 2.47 bits per heavy atom. The average Bonchev–Trinajstić information content (AvgIpc) is 3.35. The minimum absolute atomic E-state index is 0.00646. The molecular formula is C24H36N4O2. The van der Waals surface area contributed by atoms with Crippen molar-refractivity contribution in [3.63, 3.8) is 0 Å². The number of carbonyl (C=O) groups is 1. The molecule has 5 rings (SSSR count). The number of anilines is 1. The molecule has 0 radical (unpaired) electrons. The molecule has 0 N–H and O–H groups in total. The van der Waals surface area contributed by atoms with Gasteiger partial charge in [0, 0.05) is 64.0 Å². The zero-order valence-corrected chi connectivity index (χ0v) is 18.2. The molecule has 6 nitrogen and oxygen atoms in total. The smallest absolute Gasteiger partial charge is 0.225 e. The first-order valence-corrected chi connectivity index (χ1v) is 12.1. The van der Waals surface area contributed by atoms with Crippen LogP contribution in [0.5, 0.6) is 0 Å². The molecule has 1 aromatic heterocycles. The lowest BCUT2D eigenvalue weighted by atomic mass is 9.81. The SMILES string of the molecule is O=C(C1CCCC1)N1CCC2(CC1)C[C@H](N1CCN(c3ccccn3)CC1)CCO2. The van der Waals surface area contributed by atoms with Crippen LogP contribution >= 0.6 is 0 Å². The first kappa shape index (κ1) is 20.3. The van der Waals surface area contributed by atoms with Crippen LogP contribution < -0.4 is 4.90 Å². The van der Waals surface area contributed by atoms with Crippen molar-refractivity contribution in [2.75, 3.05) is 50.8 Å². The molecule has 0 bridgehead atoms. The third kappa shape index (κ3) is 4.22. The Labute approximate surface area is 180 Å². The van der Waals surface area contributed by atoms with Crippen molar-refractivity contribution in [2.45, 2.75) is 63.0 Å². The van der Waals surface area contributed by atoms with Gasteiger partial charge < -0.3 is 14.5 Å². The molecule has 0 aromatic carbocycles. The second-order valence-electron chi connectivity index (χ2n) is 9.70. The molecule has 4 fully saturated rings. The molecule has 30 heavy (non-hydrogen) atoms. The van der Waals surface area contributed by atoms with Crippen LogP contribution in [-0.2, 0) is 9.53 Å². The highest BCUT2D eigenvalue weighted by Gasteiger charge is 2.43. The van der Waals surface area contributed by atoms with Gasteiger partial charge in [0.05, 0.1) is 5.60 Å². The zero-order valence-electron chi connectivity index (χ0n) is 18.2. The van der Waals surface area contributed by atoms with E-state index in [9.17, 15) is 4.79 Å². The predicted octanol–water partition coefficient (Wildman–Crippen LogP) is 2.93. The minimum Gasteiger partial charge on any atom is -0.375 e. The average molecular weight is 413 g/mol. The number of hydrogen-bond acceptors (Lipinski definition) is 5. The van der Waals surface area contributed by atoms with Gasteiger partial charge in [-0.15, -0.1) is 0 Å². The predicted molar refractivity (Wildman–Crippen MR) is 118 cm³/mol. The molecule has 164 valence electrons. The van der Waals surface area contributed by atoms with Gasteiger partial charge >= 0.3 is 0 Å². The molecule has 3 aliphatic heterocycles. The van der Waals surface area contributed by atoms with Gasteiger partial charge in [0.1, 0.15) is 5.82 Å². The molecule has 0 unspecified atom stereocenters. The van der Waals surface area contributed by atoms with Crippen molar-refractivity contribution < 1.29 is 9.53 Å². The van der Waals surface area contributed by atoms with Crippen LogP contribution in [0.15, 0.2) is 24.4 Å². The Kier molecular flexibility index (Phi) is 5.96. The van der Waals surface area contributed by atoms with E-state index >= 15 is 0 Å². The van der Waals surface area contributed by atoms with Crippen LogP contribution in [-0.4, -0.2) is 78.2 Å². The fourth-order valence-corrected chi connectivity index (χ4v) is 6.08. The molecule has 4 aliphatic rings. The van der Waals surface area contributed by atoms with Crippen LogP contribution in [0.4, 0.5) is 5.82 Å². The van der Waals surface area contributed by atoms with E-state index in [4.69, 9.17) is 4.74 Å². The highest BCUT2D eigenvalue weighted by atomic mass is 16.5. The maximum atomic E-state index is 12.8. The lowest BCUT2D eigenvalue weighted by Gasteiger charge is -2.50. The molecule has 1 spiro atoms. The van der Waals surface area contributed by atoms with Crippen LogP contribution in [0.1, 0.15) is 51.4 Å². The van der Waals surface area contributed by atoms with E-state index in [0.29, 0.717) is 17.9 Å². The maximum Gasteiger partial charge on any atom is 0.225 e. The van der Waals surface area contributed by atoms with E-state index in [2.05, 4.69) is 31.8 Å². The maximum absolute atomic E-state index is 12.8. The van der Waals surface area contributed by atoms with E-state index in [-0.39, 0.29) is 5.60 Å². The number of likely N-dealkylation sites (tertiary alicyclic amines) is 1. The lowest BCUT2D eigenvalue weighted by Crippen LogP contribution is -2.57. The van der Waals surface area contributed by atoms with E-state index in [1.54, 1.807) is 0 Å². The Morgan fingerprint density at radius 1 is 1.00 bits per heavy atom. The van der Waals surface area contributed by atoms with Gasteiger partial charge in [0.15, 0.2) is 0 Å². The minimum atomic E-state index is -0.00646. The van der Waals surface area contributed by atoms with Crippen LogP contribution in [0, 0.1) is 5.92 Å². The Morgan fingerprint density at radius 2 is 1.77 bits per heavy atom. The van der Waals surface area contributed by atoms with Crippen molar-refractivity contribution in [1.29, 1.82) is 0 Å². The monoisotopic (exact) mass is 412 g/mol. The fraction of sp³-hybridized carbons (Fsp3) is 0.750. The number of ether oxygens (including phenoxy) is 1. The summed E-state index contributed by atoms with van der Waals surface area (Å²) >= 11 is 0. The van der Waals surface area contributed by atoms with E-state index < -0.39 is 0 Å². The molecule has 1 atom stereocenters. The third-order valence-corrected chi connectivity index (χ3v) is 7.96. The van der Waals surface area contributed by atoms with Crippen molar-refractivity contribution >= 4 is 11.7 Å². The first-order valence-electron chi connectivity index (χ1n) is 12.1. The quantitative estimate of drug-likeness (QED) is 0.764. The topological polar surface area (TPSA) is 48.9 Å². The number of hydrogen-bond donors (Lipinski definition) is 0. The lowest BCUT2D eigenvalue weighted by molar-refractivity contribution is -0.152. The molecule has 1 amide bonds. The van der Waals surface area contributed by atoms with Gasteiger partial charge in [-0.05, 0) is 50.7 Å². The van der Waals surface area contributed by atoms with Crippen molar-refractivity contribution in [3.05, 3.63) is 24.4 Å². The molecule has 1 aromatic rings. The second-order valence-corrected chi connectivity index (χ2v) is 9.70. The van der Waals surface area contributed by atoms with E-state index in [0.717, 1.165) is 90.2 Å². The molecular weight excluding hydrogens is 376 g/mol. The van der Waals surface area contributed by atoms with Gasteiger partial charge in [0.2, 0.25) is 5.91 Å². The number of rotatable bonds is 3. The van der Waals surface area contributed by atoms with Crippen molar-refractivity contribution in [3.8, 4) is 0 Å². The standard InChI is InChI=1S/C24H36N4O2/c29-23(20-5-1-2-6-20)28-12-9-24(10-13-28)19-21(8-18-30-24)26-14-16-27(17-15-26)22-7-3-4-11-25-22/h3-4,7,11,20-21H,1-2,5-6,8-10,12-19H2/t21-/m1/s1. The van der Waals surface area contributed by atoms with Crippen molar-refractivity contribution in [2.24, 2.45) is 5.92 Å². The normalized spacial score (nSPS) is 28.2. The van der Waals surface area contributed by atoms with Crippen LogP contribution in [0.3, 0.4) is 0 Å². The molecule has 1 aliphatic carbocycles. The number of amides is 1. The molecule has 3 saturated heterocycles. The Hall–Kier alpha value is -1.66. The van der Waals surface area contributed by atoms with Crippen LogP contribution in [0.2, 0.25) is 0 Å². The highest BCUT2D eigenvalue weighted by molar-refractivity contribution is 5.79. The second kappa shape index (κ2) is 8.83. The summed E-state index contributed by atoms with van der Waals surface area (Å²) in [5.41, 5.74) is -0.00646. The molecule has 6 heteroatoms. The van der Waals surface area contributed by atoms with Gasteiger partial charge in [-0.3, -0.25) is 9.69 Å². The summed E-state index contributed by atoms with van der Waals surface area (Å²) in [5, 5.41) is 0. The Balaban J connectivity index is 1.14. The number of nitrogens with zero attached hydrogens (tertiary/aromatic N) is 4. The Bertz CT molecular complexity index is 705. The summed E-state index contributed by atoms with van der Waals surface area (Å²) in [5.74, 6) is 1.81. The summed E-state index contributed by atoms with van der Waals surface area (Å²) in [6, 6.07) is 6.77. The van der Waals surface area contributed by atoms with Gasteiger partial charge in [-0.2, -0.15) is 0 Å². The summed E-state index contributed by atoms with van der Waals surface area (Å²) in [6.07, 6.45) is 10.8. The number of aromatic nitrogens is 1. The largest absolute Gasteiger partial charge is 0.375 e. The number of piperazine rings is 1. The highest BCUT2D eigenvalue weighted by Crippen LogP contribution is 2.38. The van der Waals surface area contributed by atoms with Gasteiger partial charge in [0.25, 0.3) is 0 Å². The number of pyridine rings is 1. The molecule has 4 heterocycles. The zero-order chi connectivity index (χ0) is 20.4. The number of piperidine rings is 1. The first-order chi connectivity index (χ1) is 14.7.